The van der Waals surface area contributed by atoms with Gasteiger partial charge in [0.1, 0.15) is 19.0 Å². The molecule has 0 bridgehead atoms. The van der Waals surface area contributed by atoms with Crippen molar-refractivity contribution in [3.8, 4) is 0 Å². The Hall–Kier alpha value is -2.36. The molecule has 0 N–H and O–H groups in total. The summed E-state index contributed by atoms with van der Waals surface area (Å²) >= 11 is 0. The molecule has 0 aliphatic heterocycles. The molecule has 1 aromatic heterocycles. The highest BCUT2D eigenvalue weighted by atomic mass is 79.9. The van der Waals surface area contributed by atoms with Crippen LogP contribution in [-0.2, 0) is 38.9 Å². The van der Waals surface area contributed by atoms with Crippen LogP contribution >= 0.6 is 0 Å². The number of hydrogen-bond acceptors (Lipinski definition) is 4. The molecule has 0 radical (unpaired) electrons. The second kappa shape index (κ2) is 8.84. The number of benzene rings is 1. The number of carbonyl (C=O) groups excluding carboxylic acids is 2. The van der Waals surface area contributed by atoms with E-state index in [0.29, 0.717) is 5.56 Å². The standard InChI is InChI=1S/C16H16F3N2O4.BrH/c1-20-7-8-21(10-20)13(14(22)24-2)15(23)25-9-11-3-5-12(6-4-11)16(17,18)19;/h3-8,10,13H,9H2,1-2H3;1H/q+1;/p-1. The summed E-state index contributed by atoms with van der Waals surface area (Å²) in [5.74, 6) is -1.68. The fraction of sp³-hybridized carbons (Fsp3) is 0.312. The summed E-state index contributed by atoms with van der Waals surface area (Å²) in [5.41, 5.74) is -0.433. The molecule has 10 heteroatoms. The summed E-state index contributed by atoms with van der Waals surface area (Å²) in [7, 11) is 2.85. The molecule has 0 saturated heterocycles. The number of rotatable bonds is 5. The maximum absolute atomic E-state index is 12.5. The Morgan fingerprint density at radius 1 is 1.19 bits per heavy atom. The number of imidazole rings is 1. The molecule has 0 saturated carbocycles. The van der Waals surface area contributed by atoms with E-state index in [-0.39, 0.29) is 23.6 Å². The van der Waals surface area contributed by atoms with Crippen LogP contribution in [0.1, 0.15) is 17.2 Å². The fourth-order valence-electron chi connectivity index (χ4n) is 2.10. The SMILES string of the molecule is COC(=O)C(C(=O)OCc1ccc(C(F)(F)F)cc1)n1cc[n+](C)c1.[Br-]. The average molecular weight is 437 g/mol. The lowest BCUT2D eigenvalue weighted by Gasteiger charge is -2.12. The molecule has 0 fully saturated rings. The minimum absolute atomic E-state index is 0. The third kappa shape index (κ3) is 5.32. The number of ether oxygens (including phenoxy) is 2. The van der Waals surface area contributed by atoms with E-state index >= 15 is 0 Å². The first kappa shape index (κ1) is 21.7. The lowest BCUT2D eigenvalue weighted by atomic mass is 10.1. The van der Waals surface area contributed by atoms with Gasteiger partial charge in [0.05, 0.1) is 19.7 Å². The average Bonchev–Trinajstić information content (AvgIpc) is 2.98. The van der Waals surface area contributed by atoms with Crippen molar-refractivity contribution in [2.45, 2.75) is 18.8 Å². The molecule has 1 atom stereocenters. The Bertz CT molecular complexity index is 760. The third-order valence-corrected chi connectivity index (χ3v) is 3.40. The first-order valence-corrected chi connectivity index (χ1v) is 7.15. The molecule has 1 aromatic carbocycles. The number of esters is 2. The summed E-state index contributed by atoms with van der Waals surface area (Å²) in [6.45, 7) is -0.266. The Morgan fingerprint density at radius 3 is 2.27 bits per heavy atom. The van der Waals surface area contributed by atoms with Crippen LogP contribution in [0.5, 0.6) is 0 Å². The van der Waals surface area contributed by atoms with Crippen molar-refractivity contribution in [1.82, 2.24) is 4.57 Å². The van der Waals surface area contributed by atoms with E-state index in [9.17, 15) is 22.8 Å². The van der Waals surface area contributed by atoms with Gasteiger partial charge in [0.25, 0.3) is 6.04 Å². The van der Waals surface area contributed by atoms with Crippen molar-refractivity contribution in [3.63, 3.8) is 0 Å². The normalized spacial score (nSPS) is 12.0. The molecule has 0 amide bonds. The van der Waals surface area contributed by atoms with E-state index in [2.05, 4.69) is 4.74 Å². The van der Waals surface area contributed by atoms with Gasteiger partial charge in [0.15, 0.2) is 0 Å². The molecule has 142 valence electrons. The quantitative estimate of drug-likeness (QED) is 0.335. The van der Waals surface area contributed by atoms with E-state index in [4.69, 9.17) is 4.74 Å². The predicted octanol–water partition coefficient (Wildman–Crippen LogP) is -1.21. The van der Waals surface area contributed by atoms with Crippen LogP contribution in [0.3, 0.4) is 0 Å². The second-order valence-corrected chi connectivity index (χ2v) is 5.25. The number of nitrogens with zero attached hydrogens (tertiary/aromatic N) is 2. The number of aryl methyl sites for hydroxylation is 1. The van der Waals surface area contributed by atoms with Gasteiger partial charge in [-0.05, 0) is 17.7 Å². The first-order chi connectivity index (χ1) is 11.7. The molecule has 2 rings (SSSR count). The summed E-state index contributed by atoms with van der Waals surface area (Å²) < 4.78 is 50.1. The van der Waals surface area contributed by atoms with E-state index < -0.39 is 29.7 Å². The van der Waals surface area contributed by atoms with Crippen molar-refractivity contribution in [2.75, 3.05) is 7.11 Å². The fourth-order valence-corrected chi connectivity index (χ4v) is 2.10. The molecular weight excluding hydrogens is 421 g/mol. The topological polar surface area (TPSA) is 61.4 Å². The molecular formula is C16H16BrF3N2O4. The number of aromatic nitrogens is 2. The second-order valence-electron chi connectivity index (χ2n) is 5.25. The Labute approximate surface area is 157 Å². The van der Waals surface area contributed by atoms with Gasteiger partial charge in [-0.15, -0.1) is 0 Å². The molecule has 1 unspecified atom stereocenters. The van der Waals surface area contributed by atoms with Gasteiger partial charge in [-0.2, -0.15) is 13.2 Å². The monoisotopic (exact) mass is 436 g/mol. The molecule has 0 aliphatic rings. The van der Waals surface area contributed by atoms with Gasteiger partial charge < -0.3 is 26.5 Å². The lowest BCUT2D eigenvalue weighted by molar-refractivity contribution is -0.671. The molecule has 1 heterocycles. The van der Waals surface area contributed by atoms with Gasteiger partial charge in [-0.1, -0.05) is 12.1 Å². The summed E-state index contributed by atoms with van der Waals surface area (Å²) in [6, 6.07) is 2.87. The van der Waals surface area contributed by atoms with Crippen molar-refractivity contribution < 1.29 is 53.8 Å². The van der Waals surface area contributed by atoms with Crippen LogP contribution in [0.4, 0.5) is 13.2 Å². The molecule has 0 spiro atoms. The van der Waals surface area contributed by atoms with Gasteiger partial charge in [-0.25, -0.2) is 18.7 Å². The highest BCUT2D eigenvalue weighted by Gasteiger charge is 2.36. The van der Waals surface area contributed by atoms with Crippen molar-refractivity contribution in [3.05, 3.63) is 54.1 Å². The number of halogens is 4. The maximum Gasteiger partial charge on any atom is 0.416 e. The van der Waals surface area contributed by atoms with E-state index in [1.54, 1.807) is 17.8 Å². The largest absolute Gasteiger partial charge is 1.00 e. The number of alkyl halides is 3. The minimum atomic E-state index is -4.44. The highest BCUT2D eigenvalue weighted by molar-refractivity contribution is 5.97. The number of methoxy groups -OCH3 is 1. The summed E-state index contributed by atoms with van der Waals surface area (Å²) in [4.78, 5) is 24.1. The summed E-state index contributed by atoms with van der Waals surface area (Å²) in [6.07, 6.45) is 0.191. The van der Waals surface area contributed by atoms with Crippen LogP contribution in [-0.4, -0.2) is 23.6 Å². The zero-order valence-corrected chi connectivity index (χ0v) is 15.5. The lowest BCUT2D eigenvalue weighted by Crippen LogP contribution is -3.00. The first-order valence-electron chi connectivity index (χ1n) is 7.15. The highest BCUT2D eigenvalue weighted by Crippen LogP contribution is 2.29. The molecule has 0 aliphatic carbocycles. The van der Waals surface area contributed by atoms with E-state index in [1.165, 1.54) is 29.2 Å². The van der Waals surface area contributed by atoms with E-state index in [0.717, 1.165) is 19.2 Å². The van der Waals surface area contributed by atoms with Crippen LogP contribution in [0.15, 0.2) is 43.0 Å². The molecule has 26 heavy (non-hydrogen) atoms. The van der Waals surface area contributed by atoms with Crippen molar-refractivity contribution >= 4 is 11.9 Å². The van der Waals surface area contributed by atoms with Gasteiger partial charge >= 0.3 is 18.1 Å². The molecule has 2 aromatic rings. The van der Waals surface area contributed by atoms with Crippen LogP contribution in [0, 0.1) is 0 Å². The predicted molar refractivity (Wildman–Crippen MR) is 77.9 cm³/mol. The van der Waals surface area contributed by atoms with Gasteiger partial charge in [-0.3, -0.25) is 0 Å². The van der Waals surface area contributed by atoms with Crippen LogP contribution in [0.2, 0.25) is 0 Å². The third-order valence-electron chi connectivity index (χ3n) is 3.40. The van der Waals surface area contributed by atoms with Crippen LogP contribution < -0.4 is 21.5 Å². The van der Waals surface area contributed by atoms with Crippen LogP contribution in [0.25, 0.3) is 0 Å². The van der Waals surface area contributed by atoms with Crippen molar-refractivity contribution in [2.24, 2.45) is 7.05 Å². The van der Waals surface area contributed by atoms with E-state index in [1.807, 2.05) is 0 Å². The Balaban J connectivity index is 0.00000338. The van der Waals surface area contributed by atoms with Gasteiger partial charge in [0.2, 0.25) is 6.33 Å². The number of hydrogen-bond donors (Lipinski definition) is 0. The Morgan fingerprint density at radius 2 is 1.81 bits per heavy atom. The summed E-state index contributed by atoms with van der Waals surface area (Å²) in [5, 5.41) is 0. The smallest absolute Gasteiger partial charge is 0.416 e. The molecule has 6 nitrogen and oxygen atoms in total. The maximum atomic E-state index is 12.5. The Kier molecular flexibility index (Phi) is 7.37. The van der Waals surface area contributed by atoms with Gasteiger partial charge in [0, 0.05) is 0 Å². The zero-order valence-electron chi connectivity index (χ0n) is 13.9. The minimum Gasteiger partial charge on any atom is -1.00 e. The van der Waals surface area contributed by atoms with Crippen molar-refractivity contribution in [1.29, 1.82) is 0 Å². The number of carbonyl (C=O) groups is 2. The zero-order chi connectivity index (χ0) is 18.6.